The number of hydrogen-bond acceptors (Lipinski definition) is 3. The zero-order chi connectivity index (χ0) is 13.7. The second-order valence-electron chi connectivity index (χ2n) is 5.17. The number of nitrogens with zero attached hydrogens (tertiary/aromatic N) is 1. The predicted molar refractivity (Wildman–Crippen MR) is 72.6 cm³/mol. The van der Waals surface area contributed by atoms with Gasteiger partial charge in [0.1, 0.15) is 6.61 Å². The van der Waals surface area contributed by atoms with Crippen LogP contribution in [-0.4, -0.2) is 35.3 Å². The topological polar surface area (TPSA) is 49.8 Å². The van der Waals surface area contributed by atoms with Crippen molar-refractivity contribution in [3.63, 3.8) is 0 Å². The third kappa shape index (κ3) is 3.70. The normalized spacial score (nSPS) is 23.2. The largest absolute Gasteiger partial charge is 0.445 e. The van der Waals surface area contributed by atoms with Gasteiger partial charge in [0.25, 0.3) is 0 Å². The standard InChI is InChI=1S/C15H21NO3/c1-12-7-8-14(10-17)9-16(12)15(18)19-11-13-5-3-2-4-6-13/h2-6,12,14,17H,7-11H2,1H3. The minimum atomic E-state index is -0.283. The van der Waals surface area contributed by atoms with Crippen molar-refractivity contribution in [1.29, 1.82) is 0 Å². The van der Waals surface area contributed by atoms with Gasteiger partial charge in [-0.1, -0.05) is 30.3 Å². The molecule has 0 bridgehead atoms. The number of aliphatic hydroxyl groups excluding tert-OH is 1. The Morgan fingerprint density at radius 1 is 1.37 bits per heavy atom. The summed E-state index contributed by atoms with van der Waals surface area (Å²) in [5, 5.41) is 9.21. The summed E-state index contributed by atoms with van der Waals surface area (Å²) in [7, 11) is 0. The van der Waals surface area contributed by atoms with E-state index < -0.39 is 0 Å². The summed E-state index contributed by atoms with van der Waals surface area (Å²) in [6, 6.07) is 9.84. The van der Waals surface area contributed by atoms with Gasteiger partial charge in [-0.25, -0.2) is 4.79 Å². The van der Waals surface area contributed by atoms with Gasteiger partial charge in [-0.05, 0) is 31.2 Å². The maximum atomic E-state index is 12.1. The summed E-state index contributed by atoms with van der Waals surface area (Å²) < 4.78 is 5.34. The molecule has 1 N–H and O–H groups in total. The van der Waals surface area contributed by atoms with Gasteiger partial charge in [-0.15, -0.1) is 0 Å². The molecule has 0 radical (unpaired) electrons. The number of rotatable bonds is 3. The first-order valence-corrected chi connectivity index (χ1v) is 6.79. The molecule has 0 aliphatic carbocycles. The maximum absolute atomic E-state index is 12.1. The molecule has 1 amide bonds. The van der Waals surface area contributed by atoms with Crippen molar-refractivity contribution in [3.8, 4) is 0 Å². The number of carbonyl (C=O) groups excluding carboxylic acids is 1. The molecule has 0 spiro atoms. The minimum absolute atomic E-state index is 0.134. The molecule has 1 saturated heterocycles. The van der Waals surface area contributed by atoms with Crippen molar-refractivity contribution in [2.45, 2.75) is 32.4 Å². The monoisotopic (exact) mass is 263 g/mol. The Morgan fingerprint density at radius 2 is 2.11 bits per heavy atom. The van der Waals surface area contributed by atoms with Crippen molar-refractivity contribution in [2.75, 3.05) is 13.2 Å². The van der Waals surface area contributed by atoms with Crippen LogP contribution < -0.4 is 0 Å². The van der Waals surface area contributed by atoms with E-state index >= 15 is 0 Å². The summed E-state index contributed by atoms with van der Waals surface area (Å²) in [5.41, 5.74) is 0.985. The number of benzene rings is 1. The lowest BCUT2D eigenvalue weighted by Crippen LogP contribution is -2.46. The fourth-order valence-corrected chi connectivity index (χ4v) is 2.39. The van der Waals surface area contributed by atoms with Crippen LogP contribution in [0.1, 0.15) is 25.3 Å². The lowest BCUT2D eigenvalue weighted by atomic mass is 9.94. The number of aliphatic hydroxyl groups is 1. The van der Waals surface area contributed by atoms with Gasteiger partial charge < -0.3 is 14.7 Å². The average molecular weight is 263 g/mol. The molecule has 1 fully saturated rings. The number of amides is 1. The van der Waals surface area contributed by atoms with E-state index in [0.717, 1.165) is 18.4 Å². The Balaban J connectivity index is 1.88. The lowest BCUT2D eigenvalue weighted by molar-refractivity contribution is 0.0477. The molecule has 2 unspecified atom stereocenters. The van der Waals surface area contributed by atoms with E-state index in [9.17, 15) is 9.90 Å². The number of piperidine rings is 1. The fourth-order valence-electron chi connectivity index (χ4n) is 2.39. The minimum Gasteiger partial charge on any atom is -0.445 e. The average Bonchev–Trinajstić information content (AvgIpc) is 2.46. The predicted octanol–water partition coefficient (Wildman–Crippen LogP) is 2.42. The van der Waals surface area contributed by atoms with Crippen LogP contribution in [0.4, 0.5) is 4.79 Å². The van der Waals surface area contributed by atoms with Crippen LogP contribution in [0.2, 0.25) is 0 Å². The maximum Gasteiger partial charge on any atom is 0.410 e. The molecule has 1 aliphatic heterocycles. The highest BCUT2D eigenvalue weighted by molar-refractivity contribution is 5.68. The van der Waals surface area contributed by atoms with E-state index in [-0.39, 0.29) is 24.7 Å². The molecule has 104 valence electrons. The molecular formula is C15H21NO3. The van der Waals surface area contributed by atoms with Crippen LogP contribution in [-0.2, 0) is 11.3 Å². The summed E-state index contributed by atoms with van der Waals surface area (Å²) in [5.74, 6) is 0.181. The highest BCUT2D eigenvalue weighted by Crippen LogP contribution is 2.22. The van der Waals surface area contributed by atoms with Gasteiger partial charge in [-0.2, -0.15) is 0 Å². The van der Waals surface area contributed by atoms with Crippen LogP contribution >= 0.6 is 0 Å². The Morgan fingerprint density at radius 3 is 2.79 bits per heavy atom. The summed E-state index contributed by atoms with van der Waals surface area (Å²) in [6.07, 6.45) is 1.61. The van der Waals surface area contributed by atoms with E-state index in [4.69, 9.17) is 4.74 Å². The second-order valence-corrected chi connectivity index (χ2v) is 5.17. The number of hydrogen-bond donors (Lipinski definition) is 1. The third-order valence-corrected chi connectivity index (χ3v) is 3.68. The molecular weight excluding hydrogens is 242 g/mol. The van der Waals surface area contributed by atoms with E-state index in [1.807, 2.05) is 37.3 Å². The van der Waals surface area contributed by atoms with E-state index in [0.29, 0.717) is 13.2 Å². The van der Waals surface area contributed by atoms with Crippen molar-refractivity contribution in [1.82, 2.24) is 4.90 Å². The molecule has 1 aromatic carbocycles. The SMILES string of the molecule is CC1CCC(CO)CN1C(=O)OCc1ccccc1. The van der Waals surface area contributed by atoms with Crippen molar-refractivity contribution < 1.29 is 14.6 Å². The van der Waals surface area contributed by atoms with Crippen LogP contribution in [0.3, 0.4) is 0 Å². The number of carbonyl (C=O) groups is 1. The van der Waals surface area contributed by atoms with Crippen LogP contribution in [0.25, 0.3) is 0 Å². The first-order chi connectivity index (χ1) is 9.20. The number of likely N-dealkylation sites (tertiary alicyclic amines) is 1. The Hall–Kier alpha value is -1.55. The van der Waals surface area contributed by atoms with E-state index in [1.54, 1.807) is 4.90 Å². The highest BCUT2D eigenvalue weighted by Gasteiger charge is 2.29. The van der Waals surface area contributed by atoms with Crippen LogP contribution in [0, 0.1) is 5.92 Å². The molecule has 19 heavy (non-hydrogen) atoms. The Labute approximate surface area is 114 Å². The Bertz CT molecular complexity index is 407. The molecule has 1 heterocycles. The first kappa shape index (κ1) is 13.9. The van der Waals surface area contributed by atoms with Gasteiger partial charge >= 0.3 is 6.09 Å². The molecule has 0 aromatic heterocycles. The number of ether oxygens (including phenoxy) is 1. The van der Waals surface area contributed by atoms with Crippen LogP contribution in [0.5, 0.6) is 0 Å². The Kier molecular flexibility index (Phi) is 4.80. The van der Waals surface area contributed by atoms with Crippen molar-refractivity contribution in [3.05, 3.63) is 35.9 Å². The third-order valence-electron chi connectivity index (χ3n) is 3.68. The van der Waals surface area contributed by atoms with Crippen LogP contribution in [0.15, 0.2) is 30.3 Å². The van der Waals surface area contributed by atoms with Crippen molar-refractivity contribution in [2.24, 2.45) is 5.92 Å². The molecule has 1 aliphatic rings. The zero-order valence-electron chi connectivity index (χ0n) is 11.3. The van der Waals surface area contributed by atoms with E-state index in [2.05, 4.69) is 0 Å². The highest BCUT2D eigenvalue weighted by atomic mass is 16.6. The summed E-state index contributed by atoms with van der Waals surface area (Å²) in [4.78, 5) is 13.8. The zero-order valence-corrected chi connectivity index (χ0v) is 11.3. The second kappa shape index (κ2) is 6.57. The van der Waals surface area contributed by atoms with Gasteiger partial charge in [0.15, 0.2) is 0 Å². The molecule has 2 rings (SSSR count). The molecule has 4 nitrogen and oxygen atoms in total. The smallest absolute Gasteiger partial charge is 0.410 e. The van der Waals surface area contributed by atoms with Gasteiger partial charge in [0, 0.05) is 19.2 Å². The lowest BCUT2D eigenvalue weighted by Gasteiger charge is -2.36. The molecule has 2 atom stereocenters. The first-order valence-electron chi connectivity index (χ1n) is 6.79. The molecule has 4 heteroatoms. The van der Waals surface area contributed by atoms with Gasteiger partial charge in [0.05, 0.1) is 0 Å². The molecule has 1 aromatic rings. The fraction of sp³-hybridized carbons (Fsp3) is 0.533. The van der Waals surface area contributed by atoms with Gasteiger partial charge in [0.2, 0.25) is 0 Å². The summed E-state index contributed by atoms with van der Waals surface area (Å²) >= 11 is 0. The quantitative estimate of drug-likeness (QED) is 0.911. The summed E-state index contributed by atoms with van der Waals surface area (Å²) in [6.45, 7) is 3.05. The molecule has 0 saturated carbocycles. The van der Waals surface area contributed by atoms with E-state index in [1.165, 1.54) is 0 Å². The van der Waals surface area contributed by atoms with Crippen molar-refractivity contribution >= 4 is 6.09 Å². The van der Waals surface area contributed by atoms with Gasteiger partial charge in [-0.3, -0.25) is 0 Å².